The van der Waals surface area contributed by atoms with Gasteiger partial charge in [0.1, 0.15) is 11.1 Å². The van der Waals surface area contributed by atoms with Gasteiger partial charge in [-0.3, -0.25) is 4.79 Å². The molecule has 1 saturated heterocycles. The SMILES string of the molecule is CC1NCCCC1NC(=O)c1cc2ccccc2oc1=O. The predicted molar refractivity (Wildman–Crippen MR) is 80.4 cm³/mol. The molecule has 2 aromatic rings. The van der Waals surface area contributed by atoms with Gasteiger partial charge in [0, 0.05) is 17.5 Å². The molecule has 2 unspecified atom stereocenters. The molecule has 2 atom stereocenters. The number of amides is 1. The number of para-hydroxylation sites is 1. The van der Waals surface area contributed by atoms with Crippen molar-refractivity contribution in [2.75, 3.05) is 6.54 Å². The summed E-state index contributed by atoms with van der Waals surface area (Å²) in [7, 11) is 0. The fourth-order valence-corrected chi connectivity index (χ4v) is 2.71. The summed E-state index contributed by atoms with van der Waals surface area (Å²) in [5, 5.41) is 6.99. The lowest BCUT2D eigenvalue weighted by Crippen LogP contribution is -2.52. The van der Waals surface area contributed by atoms with E-state index in [1.807, 2.05) is 19.1 Å². The van der Waals surface area contributed by atoms with Crippen molar-refractivity contribution in [2.45, 2.75) is 31.8 Å². The zero-order valence-corrected chi connectivity index (χ0v) is 11.9. The van der Waals surface area contributed by atoms with Crippen molar-refractivity contribution in [3.05, 3.63) is 46.3 Å². The van der Waals surface area contributed by atoms with Gasteiger partial charge in [-0.1, -0.05) is 18.2 Å². The second-order valence-corrected chi connectivity index (χ2v) is 5.45. The lowest BCUT2D eigenvalue weighted by molar-refractivity contribution is 0.0916. The number of nitrogens with one attached hydrogen (secondary N) is 2. The Labute approximate surface area is 122 Å². The van der Waals surface area contributed by atoms with Crippen LogP contribution in [-0.4, -0.2) is 24.5 Å². The molecule has 1 aromatic carbocycles. The quantitative estimate of drug-likeness (QED) is 0.824. The molecule has 2 N–H and O–H groups in total. The number of benzene rings is 1. The molecule has 1 amide bonds. The maximum atomic E-state index is 12.3. The summed E-state index contributed by atoms with van der Waals surface area (Å²) in [5.74, 6) is -0.366. The zero-order valence-electron chi connectivity index (χ0n) is 11.9. The lowest BCUT2D eigenvalue weighted by atomic mass is 9.99. The highest BCUT2D eigenvalue weighted by molar-refractivity contribution is 5.96. The summed E-state index contributed by atoms with van der Waals surface area (Å²) < 4.78 is 5.20. The number of carbonyl (C=O) groups is 1. The maximum Gasteiger partial charge on any atom is 0.349 e. The van der Waals surface area contributed by atoms with Crippen molar-refractivity contribution in [1.82, 2.24) is 10.6 Å². The molecule has 5 heteroatoms. The average molecular weight is 286 g/mol. The molecule has 5 nitrogen and oxygen atoms in total. The fraction of sp³-hybridized carbons (Fsp3) is 0.375. The van der Waals surface area contributed by atoms with Crippen molar-refractivity contribution in [1.29, 1.82) is 0 Å². The Bertz CT molecular complexity index is 723. The maximum absolute atomic E-state index is 12.3. The number of fused-ring (bicyclic) bond motifs is 1. The van der Waals surface area contributed by atoms with Crippen LogP contribution in [0.1, 0.15) is 30.1 Å². The first-order valence-corrected chi connectivity index (χ1v) is 7.22. The Kier molecular flexibility index (Phi) is 3.75. The summed E-state index contributed by atoms with van der Waals surface area (Å²) in [5.41, 5.74) is -0.0409. The van der Waals surface area contributed by atoms with Gasteiger partial charge in [-0.05, 0) is 38.4 Å². The molecule has 0 bridgehead atoms. The van der Waals surface area contributed by atoms with Crippen LogP contribution in [0.5, 0.6) is 0 Å². The number of rotatable bonds is 2. The molecule has 21 heavy (non-hydrogen) atoms. The van der Waals surface area contributed by atoms with E-state index < -0.39 is 5.63 Å². The summed E-state index contributed by atoms with van der Waals surface area (Å²) in [6.45, 7) is 3.00. The lowest BCUT2D eigenvalue weighted by Gasteiger charge is -2.30. The van der Waals surface area contributed by atoms with E-state index in [4.69, 9.17) is 4.42 Å². The van der Waals surface area contributed by atoms with Gasteiger partial charge in [-0.15, -0.1) is 0 Å². The van der Waals surface area contributed by atoms with Crippen LogP contribution in [0.15, 0.2) is 39.5 Å². The minimum absolute atomic E-state index is 0.0390. The number of carbonyl (C=O) groups excluding carboxylic acids is 1. The first-order chi connectivity index (χ1) is 10.1. The van der Waals surface area contributed by atoms with Crippen LogP contribution in [0.25, 0.3) is 11.0 Å². The van der Waals surface area contributed by atoms with Gasteiger partial charge < -0.3 is 15.1 Å². The Morgan fingerprint density at radius 3 is 3.00 bits per heavy atom. The van der Waals surface area contributed by atoms with Gasteiger partial charge in [0.05, 0.1) is 0 Å². The predicted octanol–water partition coefficient (Wildman–Crippen LogP) is 1.66. The highest BCUT2D eigenvalue weighted by Crippen LogP contribution is 2.13. The normalized spacial score (nSPS) is 22.1. The second-order valence-electron chi connectivity index (χ2n) is 5.45. The summed E-state index contributed by atoms with van der Waals surface area (Å²) >= 11 is 0. The van der Waals surface area contributed by atoms with Gasteiger partial charge in [-0.2, -0.15) is 0 Å². The van der Waals surface area contributed by atoms with Crippen molar-refractivity contribution < 1.29 is 9.21 Å². The van der Waals surface area contributed by atoms with Crippen LogP contribution in [0.2, 0.25) is 0 Å². The van der Waals surface area contributed by atoms with E-state index in [-0.39, 0.29) is 23.6 Å². The average Bonchev–Trinajstić information content (AvgIpc) is 2.49. The van der Waals surface area contributed by atoms with Gasteiger partial charge in [0.15, 0.2) is 0 Å². The largest absolute Gasteiger partial charge is 0.422 e. The third-order valence-corrected chi connectivity index (χ3v) is 3.96. The molecule has 2 heterocycles. The van der Waals surface area contributed by atoms with Gasteiger partial charge in [0.2, 0.25) is 0 Å². The second kappa shape index (κ2) is 5.69. The van der Waals surface area contributed by atoms with Crippen LogP contribution in [0, 0.1) is 0 Å². The standard InChI is InChI=1S/C16H18N2O3/c1-10-13(6-4-8-17-10)18-15(19)12-9-11-5-2-3-7-14(11)21-16(12)20/h2-3,5,7,9-10,13,17H,4,6,8H2,1H3,(H,18,19). The van der Waals surface area contributed by atoms with Gasteiger partial charge in [-0.25, -0.2) is 4.79 Å². The van der Waals surface area contributed by atoms with Crippen molar-refractivity contribution in [3.63, 3.8) is 0 Å². The van der Waals surface area contributed by atoms with Crippen LogP contribution >= 0.6 is 0 Å². The first kappa shape index (κ1) is 13.8. The fourth-order valence-electron chi connectivity index (χ4n) is 2.71. The Balaban J connectivity index is 1.87. The van der Waals surface area contributed by atoms with Gasteiger partial charge in [0.25, 0.3) is 5.91 Å². The van der Waals surface area contributed by atoms with E-state index in [1.165, 1.54) is 0 Å². The smallest absolute Gasteiger partial charge is 0.349 e. The zero-order chi connectivity index (χ0) is 14.8. The van der Waals surface area contributed by atoms with Crippen LogP contribution in [-0.2, 0) is 0 Å². The Hall–Kier alpha value is -2.14. The number of hydrogen-bond acceptors (Lipinski definition) is 4. The molecule has 3 rings (SSSR count). The molecule has 0 spiro atoms. The van der Waals surface area contributed by atoms with Crippen LogP contribution < -0.4 is 16.3 Å². The third-order valence-electron chi connectivity index (χ3n) is 3.96. The molecule has 0 saturated carbocycles. The Morgan fingerprint density at radius 1 is 1.38 bits per heavy atom. The van der Waals surface area contributed by atoms with E-state index in [0.29, 0.717) is 5.58 Å². The van der Waals surface area contributed by atoms with Gasteiger partial charge >= 0.3 is 5.63 Å². The van der Waals surface area contributed by atoms with E-state index in [1.54, 1.807) is 18.2 Å². The molecular formula is C16H18N2O3. The Morgan fingerprint density at radius 2 is 2.19 bits per heavy atom. The van der Waals surface area contributed by atoms with E-state index in [2.05, 4.69) is 10.6 Å². The summed E-state index contributed by atoms with van der Waals surface area (Å²) in [4.78, 5) is 24.3. The van der Waals surface area contributed by atoms with Crippen molar-refractivity contribution >= 4 is 16.9 Å². The molecular weight excluding hydrogens is 268 g/mol. The van der Waals surface area contributed by atoms with E-state index in [9.17, 15) is 9.59 Å². The summed E-state index contributed by atoms with van der Waals surface area (Å²) in [6, 6.07) is 9.01. The number of piperidine rings is 1. The third kappa shape index (κ3) is 2.83. The van der Waals surface area contributed by atoms with Crippen molar-refractivity contribution in [3.8, 4) is 0 Å². The molecule has 1 aromatic heterocycles. The first-order valence-electron chi connectivity index (χ1n) is 7.22. The molecule has 0 aliphatic carbocycles. The van der Waals surface area contributed by atoms with E-state index >= 15 is 0 Å². The minimum Gasteiger partial charge on any atom is -0.422 e. The minimum atomic E-state index is -0.595. The molecule has 1 fully saturated rings. The van der Waals surface area contributed by atoms with Crippen molar-refractivity contribution in [2.24, 2.45) is 0 Å². The van der Waals surface area contributed by atoms with Crippen LogP contribution in [0.3, 0.4) is 0 Å². The highest BCUT2D eigenvalue weighted by atomic mass is 16.4. The highest BCUT2D eigenvalue weighted by Gasteiger charge is 2.24. The molecule has 1 aliphatic rings. The monoisotopic (exact) mass is 286 g/mol. The molecule has 0 radical (unpaired) electrons. The van der Waals surface area contributed by atoms with Crippen LogP contribution in [0.4, 0.5) is 0 Å². The number of hydrogen-bond donors (Lipinski definition) is 2. The molecule has 1 aliphatic heterocycles. The topological polar surface area (TPSA) is 71.3 Å². The molecule has 110 valence electrons. The van der Waals surface area contributed by atoms with E-state index in [0.717, 1.165) is 24.8 Å². The summed E-state index contributed by atoms with van der Waals surface area (Å²) in [6.07, 6.45) is 1.93.